The summed E-state index contributed by atoms with van der Waals surface area (Å²) in [5.74, 6) is -1.96. The van der Waals surface area contributed by atoms with Crippen LogP contribution in [0, 0.1) is 0 Å². The monoisotopic (exact) mass is 276 g/mol. The van der Waals surface area contributed by atoms with E-state index in [1.54, 1.807) is 0 Å². The first kappa shape index (κ1) is 14.2. The number of nitrogens with one attached hydrogen (secondary N) is 2. The Balaban J connectivity index is 2.43. The lowest BCUT2D eigenvalue weighted by Crippen LogP contribution is -2.34. The molecule has 0 spiro atoms. The summed E-state index contributed by atoms with van der Waals surface area (Å²) in [5.41, 5.74) is -0.130. The summed E-state index contributed by atoms with van der Waals surface area (Å²) in [6.45, 7) is 0.103. The maximum atomic E-state index is 11.4. The zero-order valence-corrected chi connectivity index (χ0v) is 10.3. The Kier molecular flexibility index (Phi) is 4.45. The largest absolute Gasteiger partial charge is 0.478 e. The van der Waals surface area contributed by atoms with Crippen LogP contribution in [0.4, 0.5) is 0 Å². The van der Waals surface area contributed by atoms with Crippen LogP contribution in [0.3, 0.4) is 0 Å². The van der Waals surface area contributed by atoms with Gasteiger partial charge < -0.3 is 14.8 Å². The summed E-state index contributed by atoms with van der Waals surface area (Å²) in [7, 11) is -3.30. The van der Waals surface area contributed by atoms with E-state index < -0.39 is 21.9 Å². The topological polar surface area (TPSA) is 126 Å². The average molecular weight is 276 g/mol. The van der Waals surface area contributed by atoms with Crippen molar-refractivity contribution in [1.29, 1.82) is 0 Å². The van der Waals surface area contributed by atoms with E-state index in [1.165, 1.54) is 0 Å². The normalized spacial score (nSPS) is 11.2. The van der Waals surface area contributed by atoms with Gasteiger partial charge in [0.15, 0.2) is 5.76 Å². The second-order valence-electron chi connectivity index (χ2n) is 3.43. The average Bonchev–Trinajstić information content (AvgIpc) is 2.72. The van der Waals surface area contributed by atoms with Crippen molar-refractivity contribution in [3.05, 3.63) is 23.7 Å². The SMILES string of the molecule is CS(=O)(=O)NCCNC(=O)c1cc(C(=O)O)co1. The Bertz CT molecular complexity index is 547. The van der Waals surface area contributed by atoms with Crippen molar-refractivity contribution in [2.24, 2.45) is 0 Å². The molecule has 1 amide bonds. The number of carbonyl (C=O) groups excluding carboxylic acids is 1. The van der Waals surface area contributed by atoms with Gasteiger partial charge in [0.1, 0.15) is 6.26 Å². The molecule has 100 valence electrons. The second-order valence-corrected chi connectivity index (χ2v) is 5.26. The molecule has 0 aliphatic carbocycles. The molecule has 0 saturated carbocycles. The molecule has 0 unspecified atom stereocenters. The van der Waals surface area contributed by atoms with Crippen LogP contribution in [0.15, 0.2) is 16.7 Å². The zero-order chi connectivity index (χ0) is 13.8. The van der Waals surface area contributed by atoms with Crippen LogP contribution < -0.4 is 10.0 Å². The number of hydrogen-bond acceptors (Lipinski definition) is 5. The number of carbonyl (C=O) groups is 2. The molecule has 0 aliphatic heterocycles. The van der Waals surface area contributed by atoms with Gasteiger partial charge in [0.2, 0.25) is 10.0 Å². The molecule has 9 heteroatoms. The molecular formula is C9H12N2O6S. The highest BCUT2D eigenvalue weighted by atomic mass is 32.2. The van der Waals surface area contributed by atoms with Crippen LogP contribution in [0.5, 0.6) is 0 Å². The van der Waals surface area contributed by atoms with Crippen molar-refractivity contribution >= 4 is 21.9 Å². The van der Waals surface area contributed by atoms with Crippen LogP contribution in [0.25, 0.3) is 0 Å². The summed E-state index contributed by atoms with van der Waals surface area (Å²) in [5, 5.41) is 11.0. The Morgan fingerprint density at radius 1 is 1.39 bits per heavy atom. The maximum Gasteiger partial charge on any atom is 0.338 e. The minimum Gasteiger partial charge on any atom is -0.478 e. The predicted molar refractivity (Wildman–Crippen MR) is 60.8 cm³/mol. The van der Waals surface area contributed by atoms with Crippen LogP contribution in [-0.2, 0) is 10.0 Å². The minimum atomic E-state index is -3.30. The third-order valence-electron chi connectivity index (χ3n) is 1.85. The predicted octanol–water partition coefficient (Wildman–Crippen LogP) is -0.743. The summed E-state index contributed by atoms with van der Waals surface area (Å²) < 4.78 is 28.4. The van der Waals surface area contributed by atoms with Crippen LogP contribution in [0.2, 0.25) is 0 Å². The minimum absolute atomic E-state index is 0.0388. The molecule has 18 heavy (non-hydrogen) atoms. The first-order valence-corrected chi connectivity index (χ1v) is 6.73. The highest BCUT2D eigenvalue weighted by Gasteiger charge is 2.14. The zero-order valence-electron chi connectivity index (χ0n) is 9.47. The molecule has 1 aromatic heterocycles. The van der Waals surface area contributed by atoms with Gasteiger partial charge in [-0.1, -0.05) is 0 Å². The molecule has 0 aromatic carbocycles. The number of sulfonamides is 1. The van der Waals surface area contributed by atoms with E-state index in [9.17, 15) is 18.0 Å². The molecule has 0 atom stereocenters. The van der Waals surface area contributed by atoms with Gasteiger partial charge >= 0.3 is 5.97 Å². The van der Waals surface area contributed by atoms with Gasteiger partial charge in [-0.3, -0.25) is 4.79 Å². The smallest absolute Gasteiger partial charge is 0.338 e. The lowest BCUT2D eigenvalue weighted by molar-refractivity contribution is 0.0695. The quantitative estimate of drug-likeness (QED) is 0.587. The fourth-order valence-electron chi connectivity index (χ4n) is 1.07. The molecule has 0 radical (unpaired) electrons. The Labute approximate surface area is 103 Å². The Morgan fingerprint density at radius 2 is 2.06 bits per heavy atom. The fraction of sp³-hybridized carbons (Fsp3) is 0.333. The Hall–Kier alpha value is -1.87. The number of aromatic carboxylic acids is 1. The standard InChI is InChI=1S/C9H12N2O6S/c1-18(15,16)11-3-2-10-8(12)7-4-6(5-17-7)9(13)14/h4-5,11H,2-3H2,1H3,(H,10,12)(H,13,14). The number of amides is 1. The van der Waals surface area contributed by atoms with Gasteiger partial charge in [-0.25, -0.2) is 17.9 Å². The van der Waals surface area contributed by atoms with E-state index in [-0.39, 0.29) is 24.4 Å². The first-order valence-electron chi connectivity index (χ1n) is 4.84. The molecule has 1 heterocycles. The number of rotatable bonds is 6. The Morgan fingerprint density at radius 3 is 2.56 bits per heavy atom. The van der Waals surface area contributed by atoms with E-state index in [4.69, 9.17) is 9.52 Å². The lowest BCUT2D eigenvalue weighted by Gasteiger charge is -2.03. The molecule has 0 fully saturated rings. The maximum absolute atomic E-state index is 11.4. The molecule has 1 rings (SSSR count). The van der Waals surface area contributed by atoms with Gasteiger partial charge in [0.05, 0.1) is 11.8 Å². The van der Waals surface area contributed by atoms with E-state index in [1.807, 2.05) is 0 Å². The lowest BCUT2D eigenvalue weighted by atomic mass is 10.3. The van der Waals surface area contributed by atoms with Crippen LogP contribution in [-0.4, -0.2) is 44.7 Å². The third kappa shape index (κ3) is 4.55. The van der Waals surface area contributed by atoms with E-state index in [2.05, 4.69) is 10.0 Å². The van der Waals surface area contributed by atoms with E-state index in [0.29, 0.717) is 0 Å². The molecular weight excluding hydrogens is 264 g/mol. The molecule has 3 N–H and O–H groups in total. The van der Waals surface area contributed by atoms with Gasteiger partial charge in [0.25, 0.3) is 5.91 Å². The number of carboxylic acid groups (broad SMARTS) is 1. The number of carboxylic acids is 1. The summed E-state index contributed by atoms with van der Waals surface area (Å²) in [4.78, 5) is 22.0. The molecule has 8 nitrogen and oxygen atoms in total. The fourth-order valence-corrected chi connectivity index (χ4v) is 1.54. The molecule has 1 aromatic rings. The van der Waals surface area contributed by atoms with Gasteiger partial charge in [-0.2, -0.15) is 0 Å². The van der Waals surface area contributed by atoms with Crippen LogP contribution in [0.1, 0.15) is 20.9 Å². The number of hydrogen-bond donors (Lipinski definition) is 3. The molecule has 0 bridgehead atoms. The number of furan rings is 1. The van der Waals surface area contributed by atoms with Crippen molar-refractivity contribution in [1.82, 2.24) is 10.0 Å². The summed E-state index contributed by atoms with van der Waals surface area (Å²) >= 11 is 0. The van der Waals surface area contributed by atoms with Crippen molar-refractivity contribution in [2.75, 3.05) is 19.3 Å². The third-order valence-corrected chi connectivity index (χ3v) is 2.57. The van der Waals surface area contributed by atoms with Crippen molar-refractivity contribution in [2.45, 2.75) is 0 Å². The van der Waals surface area contributed by atoms with Crippen molar-refractivity contribution in [3.63, 3.8) is 0 Å². The first-order chi connectivity index (χ1) is 8.29. The van der Waals surface area contributed by atoms with Gasteiger partial charge in [-0.05, 0) is 0 Å². The van der Waals surface area contributed by atoms with E-state index in [0.717, 1.165) is 18.6 Å². The van der Waals surface area contributed by atoms with E-state index >= 15 is 0 Å². The second kappa shape index (κ2) is 5.65. The summed E-state index contributed by atoms with van der Waals surface area (Å²) in [6.07, 6.45) is 1.95. The summed E-state index contributed by atoms with van der Waals surface area (Å²) in [6, 6.07) is 1.08. The van der Waals surface area contributed by atoms with Crippen LogP contribution >= 0.6 is 0 Å². The van der Waals surface area contributed by atoms with Crippen molar-refractivity contribution in [3.8, 4) is 0 Å². The van der Waals surface area contributed by atoms with Gasteiger partial charge in [0, 0.05) is 19.2 Å². The van der Waals surface area contributed by atoms with Crippen molar-refractivity contribution < 1.29 is 27.5 Å². The molecule has 0 saturated heterocycles. The van der Waals surface area contributed by atoms with Gasteiger partial charge in [-0.15, -0.1) is 0 Å². The molecule has 0 aliphatic rings. The highest BCUT2D eigenvalue weighted by molar-refractivity contribution is 7.88. The highest BCUT2D eigenvalue weighted by Crippen LogP contribution is 2.07.